The lowest BCUT2D eigenvalue weighted by molar-refractivity contribution is 0.0487. The van der Waals surface area contributed by atoms with Crippen LogP contribution in [0.15, 0.2) is 24.3 Å². The Labute approximate surface area is 209 Å². The van der Waals surface area contributed by atoms with E-state index < -0.39 is 11.9 Å². The third kappa shape index (κ3) is 17.6. The Morgan fingerprint density at radius 3 is 1.74 bits per heavy atom. The van der Waals surface area contributed by atoms with Crippen LogP contribution in [0.25, 0.3) is 0 Å². The van der Waals surface area contributed by atoms with Crippen molar-refractivity contribution in [1.29, 1.82) is 0 Å². The smallest absolute Gasteiger partial charge is 0.339 e. The van der Waals surface area contributed by atoms with Crippen LogP contribution >= 0.6 is 0 Å². The zero-order valence-electron chi connectivity index (χ0n) is 22.6. The van der Waals surface area contributed by atoms with Crippen molar-refractivity contribution in [2.24, 2.45) is 5.92 Å². The minimum Gasteiger partial charge on any atom is -0.478 e. The minimum absolute atomic E-state index is 0.0135. The summed E-state index contributed by atoms with van der Waals surface area (Å²) < 4.78 is 5.12. The van der Waals surface area contributed by atoms with Crippen molar-refractivity contribution < 1.29 is 19.4 Å². The van der Waals surface area contributed by atoms with Gasteiger partial charge in [-0.05, 0) is 24.5 Å². The highest BCUT2D eigenvalue weighted by Gasteiger charge is 2.16. The molecule has 34 heavy (non-hydrogen) atoms. The SMILES string of the molecule is CCCCCCCCC(C)CCCC.CCCCCCCCOC(=O)c1ccccc1C(=O)O. The second-order valence-electron chi connectivity index (χ2n) is 9.56. The van der Waals surface area contributed by atoms with E-state index in [1.807, 2.05) is 0 Å². The van der Waals surface area contributed by atoms with Crippen LogP contribution in [0.3, 0.4) is 0 Å². The topological polar surface area (TPSA) is 63.6 Å². The maximum Gasteiger partial charge on any atom is 0.339 e. The molecule has 0 aliphatic heterocycles. The second-order valence-corrected chi connectivity index (χ2v) is 9.56. The highest BCUT2D eigenvalue weighted by atomic mass is 16.5. The molecule has 0 saturated carbocycles. The standard InChI is InChI=1S/C16H22O4.C14H30/c1-2-3-4-5-6-9-12-20-16(19)14-11-8-7-10-13(14)15(17)18;1-4-6-8-9-10-11-13-14(3)12-7-5-2/h7-8,10-11H,2-6,9,12H2,1H3,(H,17,18);14H,4-13H2,1-3H3. The molecular weight excluding hydrogens is 424 g/mol. The normalized spacial score (nSPS) is 11.4. The molecule has 0 aliphatic carbocycles. The van der Waals surface area contributed by atoms with Crippen LogP contribution in [0.2, 0.25) is 0 Å². The monoisotopic (exact) mass is 476 g/mol. The van der Waals surface area contributed by atoms with Crippen molar-refractivity contribution in [3.8, 4) is 0 Å². The fraction of sp³-hybridized carbons (Fsp3) is 0.733. The number of carboxylic acids is 1. The number of hydrogen-bond donors (Lipinski definition) is 1. The summed E-state index contributed by atoms with van der Waals surface area (Å²) in [5.41, 5.74) is 0.103. The summed E-state index contributed by atoms with van der Waals surface area (Å²) in [6, 6.07) is 6.11. The van der Waals surface area contributed by atoms with E-state index in [1.165, 1.54) is 95.6 Å². The molecule has 0 aliphatic rings. The van der Waals surface area contributed by atoms with Crippen LogP contribution in [-0.4, -0.2) is 23.7 Å². The molecule has 0 fully saturated rings. The van der Waals surface area contributed by atoms with Gasteiger partial charge in [-0.1, -0.05) is 136 Å². The number of esters is 1. The first kappa shape index (κ1) is 32.2. The van der Waals surface area contributed by atoms with Gasteiger partial charge in [-0.25, -0.2) is 9.59 Å². The number of carbonyl (C=O) groups is 2. The van der Waals surface area contributed by atoms with Crippen LogP contribution in [0.4, 0.5) is 0 Å². The summed E-state index contributed by atoms with van der Waals surface area (Å²) in [7, 11) is 0. The number of carbonyl (C=O) groups excluding carboxylic acids is 1. The maximum atomic E-state index is 11.8. The molecule has 1 rings (SSSR count). The summed E-state index contributed by atoms with van der Waals surface area (Å²) in [5, 5.41) is 9.00. The Hall–Kier alpha value is -1.84. The van der Waals surface area contributed by atoms with Crippen molar-refractivity contribution in [3.63, 3.8) is 0 Å². The van der Waals surface area contributed by atoms with Crippen molar-refractivity contribution in [2.45, 2.75) is 130 Å². The predicted octanol–water partition coefficient (Wildman–Crippen LogP) is 9.47. The van der Waals surface area contributed by atoms with Gasteiger partial charge in [0.2, 0.25) is 0 Å². The average molecular weight is 477 g/mol. The average Bonchev–Trinajstić information content (AvgIpc) is 2.84. The van der Waals surface area contributed by atoms with Crippen molar-refractivity contribution in [1.82, 2.24) is 0 Å². The Morgan fingerprint density at radius 1 is 0.706 bits per heavy atom. The summed E-state index contributed by atoms with van der Waals surface area (Å²) >= 11 is 0. The van der Waals surface area contributed by atoms with Crippen LogP contribution < -0.4 is 0 Å². The first-order valence-corrected chi connectivity index (χ1v) is 14.0. The van der Waals surface area contributed by atoms with Gasteiger partial charge in [-0.15, -0.1) is 0 Å². The van der Waals surface area contributed by atoms with Gasteiger partial charge in [-0.3, -0.25) is 0 Å². The molecule has 1 N–H and O–H groups in total. The van der Waals surface area contributed by atoms with E-state index in [4.69, 9.17) is 9.84 Å². The molecule has 0 bridgehead atoms. The van der Waals surface area contributed by atoms with Gasteiger partial charge in [-0.2, -0.15) is 0 Å². The maximum absolute atomic E-state index is 11.8. The van der Waals surface area contributed by atoms with Gasteiger partial charge in [0.15, 0.2) is 0 Å². The van der Waals surface area contributed by atoms with Gasteiger partial charge in [0.1, 0.15) is 0 Å². The number of ether oxygens (including phenoxy) is 1. The minimum atomic E-state index is -1.11. The molecule has 4 heteroatoms. The van der Waals surface area contributed by atoms with Crippen LogP contribution in [0.5, 0.6) is 0 Å². The molecule has 4 nitrogen and oxygen atoms in total. The van der Waals surface area contributed by atoms with Gasteiger partial charge in [0.25, 0.3) is 0 Å². The van der Waals surface area contributed by atoms with Crippen LogP contribution in [-0.2, 0) is 4.74 Å². The quantitative estimate of drug-likeness (QED) is 0.159. The number of hydrogen-bond acceptors (Lipinski definition) is 3. The molecule has 1 unspecified atom stereocenters. The van der Waals surface area contributed by atoms with E-state index in [0.29, 0.717) is 6.61 Å². The zero-order valence-corrected chi connectivity index (χ0v) is 22.6. The van der Waals surface area contributed by atoms with E-state index in [9.17, 15) is 9.59 Å². The molecule has 0 aromatic heterocycles. The molecule has 196 valence electrons. The molecule has 0 heterocycles. The Kier molecular flexibility index (Phi) is 21.7. The molecular formula is C30H52O4. The predicted molar refractivity (Wildman–Crippen MR) is 144 cm³/mol. The Balaban J connectivity index is 0.000000686. The summed E-state index contributed by atoms with van der Waals surface area (Å²) in [6.07, 6.45) is 21.0. The summed E-state index contributed by atoms with van der Waals surface area (Å²) in [6.45, 7) is 9.51. The number of unbranched alkanes of at least 4 members (excludes halogenated alkanes) is 11. The molecule has 0 saturated heterocycles. The van der Waals surface area contributed by atoms with E-state index in [0.717, 1.165) is 25.2 Å². The summed E-state index contributed by atoms with van der Waals surface area (Å²) in [5.74, 6) is -0.699. The fourth-order valence-electron chi connectivity index (χ4n) is 3.94. The lowest BCUT2D eigenvalue weighted by atomic mass is 9.97. The third-order valence-electron chi connectivity index (χ3n) is 6.21. The second kappa shape index (κ2) is 22.9. The van der Waals surface area contributed by atoms with Gasteiger partial charge < -0.3 is 9.84 Å². The van der Waals surface area contributed by atoms with Crippen LogP contribution in [0.1, 0.15) is 151 Å². The lowest BCUT2D eigenvalue weighted by Gasteiger charge is -2.09. The first-order valence-electron chi connectivity index (χ1n) is 14.0. The Morgan fingerprint density at radius 2 is 1.18 bits per heavy atom. The fourth-order valence-corrected chi connectivity index (χ4v) is 3.94. The third-order valence-corrected chi connectivity index (χ3v) is 6.21. The number of carboxylic acid groups (broad SMARTS) is 1. The van der Waals surface area contributed by atoms with Crippen LogP contribution in [0, 0.1) is 5.92 Å². The van der Waals surface area contributed by atoms with E-state index in [-0.39, 0.29) is 11.1 Å². The van der Waals surface area contributed by atoms with E-state index >= 15 is 0 Å². The molecule has 0 spiro atoms. The first-order chi connectivity index (χ1) is 16.5. The van der Waals surface area contributed by atoms with Crippen molar-refractivity contribution >= 4 is 11.9 Å². The highest BCUT2D eigenvalue weighted by Crippen LogP contribution is 2.17. The zero-order chi connectivity index (χ0) is 25.4. The lowest BCUT2D eigenvalue weighted by Crippen LogP contribution is -2.12. The molecule has 0 radical (unpaired) electrons. The molecule has 0 amide bonds. The largest absolute Gasteiger partial charge is 0.478 e. The summed E-state index contributed by atoms with van der Waals surface area (Å²) in [4.78, 5) is 22.8. The van der Waals surface area contributed by atoms with Crippen molar-refractivity contribution in [3.05, 3.63) is 35.4 Å². The number of benzene rings is 1. The molecule has 1 aromatic rings. The van der Waals surface area contributed by atoms with Gasteiger partial charge in [0, 0.05) is 0 Å². The van der Waals surface area contributed by atoms with E-state index in [1.54, 1.807) is 12.1 Å². The van der Waals surface area contributed by atoms with Crippen molar-refractivity contribution in [2.75, 3.05) is 6.61 Å². The number of rotatable bonds is 19. The van der Waals surface area contributed by atoms with E-state index in [2.05, 4.69) is 27.7 Å². The Bertz CT molecular complexity index is 626. The molecule has 1 atom stereocenters. The van der Waals surface area contributed by atoms with Gasteiger partial charge >= 0.3 is 11.9 Å². The van der Waals surface area contributed by atoms with Gasteiger partial charge in [0.05, 0.1) is 17.7 Å². The highest BCUT2D eigenvalue weighted by molar-refractivity contribution is 6.02. The number of aromatic carboxylic acids is 1. The molecule has 1 aromatic carbocycles.